The number of ether oxygens (including phenoxy) is 2. The maximum atomic E-state index is 5.78. The topological polar surface area (TPSA) is 67.8 Å². The molecule has 1 aromatic heterocycles. The van der Waals surface area contributed by atoms with Crippen molar-refractivity contribution in [3.05, 3.63) is 84.1 Å². The number of hydrogen-bond donors (Lipinski definition) is 2. The Kier molecular flexibility index (Phi) is 7.05. The molecule has 0 saturated heterocycles. The average molecular weight is 390 g/mol. The van der Waals surface area contributed by atoms with Crippen LogP contribution in [0.15, 0.2) is 77.9 Å². The van der Waals surface area contributed by atoms with Gasteiger partial charge in [0, 0.05) is 31.9 Å². The molecule has 0 aliphatic heterocycles. The lowest BCUT2D eigenvalue weighted by Gasteiger charge is -2.18. The minimum absolute atomic E-state index is 0.152. The van der Waals surface area contributed by atoms with Crippen LogP contribution in [-0.2, 0) is 6.54 Å². The van der Waals surface area contributed by atoms with Gasteiger partial charge in [-0.1, -0.05) is 42.5 Å². The summed E-state index contributed by atoms with van der Waals surface area (Å²) >= 11 is 0. The van der Waals surface area contributed by atoms with E-state index in [9.17, 15) is 0 Å². The third-order valence-electron chi connectivity index (χ3n) is 4.40. The lowest BCUT2D eigenvalue weighted by molar-refractivity contribution is 0.407. The van der Waals surface area contributed by atoms with Gasteiger partial charge in [-0.3, -0.25) is 4.99 Å². The molecule has 150 valence electrons. The Morgan fingerprint density at radius 3 is 2.52 bits per heavy atom. The summed E-state index contributed by atoms with van der Waals surface area (Å²) in [5.41, 5.74) is 2.23. The van der Waals surface area contributed by atoms with Crippen molar-refractivity contribution >= 4 is 5.96 Å². The van der Waals surface area contributed by atoms with Crippen molar-refractivity contribution in [1.82, 2.24) is 15.6 Å². The zero-order valence-corrected chi connectivity index (χ0v) is 16.9. The van der Waals surface area contributed by atoms with Crippen LogP contribution in [0.3, 0.4) is 0 Å². The summed E-state index contributed by atoms with van der Waals surface area (Å²) in [7, 11) is 3.39. The average Bonchev–Trinajstić information content (AvgIpc) is 2.78. The SMILES string of the molecule is CN=C(NCc1ccc(Oc2cccc(OC)c2)nc1)NC(C)c1ccccc1. The van der Waals surface area contributed by atoms with Gasteiger partial charge in [-0.05, 0) is 30.2 Å². The van der Waals surface area contributed by atoms with Crippen LogP contribution in [0.4, 0.5) is 0 Å². The van der Waals surface area contributed by atoms with E-state index in [4.69, 9.17) is 9.47 Å². The fourth-order valence-electron chi connectivity index (χ4n) is 2.77. The normalized spacial score (nSPS) is 12.2. The Morgan fingerprint density at radius 2 is 1.83 bits per heavy atom. The number of methoxy groups -OCH3 is 1. The first-order valence-electron chi connectivity index (χ1n) is 9.47. The molecule has 3 aromatic rings. The number of benzene rings is 2. The highest BCUT2D eigenvalue weighted by Crippen LogP contribution is 2.23. The zero-order chi connectivity index (χ0) is 20.5. The van der Waals surface area contributed by atoms with Gasteiger partial charge in [0.1, 0.15) is 11.5 Å². The first-order valence-corrected chi connectivity index (χ1v) is 9.47. The van der Waals surface area contributed by atoms with Gasteiger partial charge < -0.3 is 20.1 Å². The third kappa shape index (κ3) is 5.97. The van der Waals surface area contributed by atoms with Gasteiger partial charge in [0.25, 0.3) is 0 Å². The number of aliphatic imine (C=N–C) groups is 1. The lowest BCUT2D eigenvalue weighted by Crippen LogP contribution is -2.38. The molecule has 1 atom stereocenters. The molecule has 2 aromatic carbocycles. The molecule has 1 unspecified atom stereocenters. The largest absolute Gasteiger partial charge is 0.497 e. The summed E-state index contributed by atoms with van der Waals surface area (Å²) in [6, 6.07) is 21.7. The zero-order valence-electron chi connectivity index (χ0n) is 16.9. The van der Waals surface area contributed by atoms with Crippen molar-refractivity contribution in [2.45, 2.75) is 19.5 Å². The van der Waals surface area contributed by atoms with Gasteiger partial charge in [-0.25, -0.2) is 4.98 Å². The van der Waals surface area contributed by atoms with Crippen molar-refractivity contribution in [3.8, 4) is 17.4 Å². The molecule has 0 bridgehead atoms. The van der Waals surface area contributed by atoms with Crippen molar-refractivity contribution in [2.75, 3.05) is 14.2 Å². The van der Waals surface area contributed by atoms with Gasteiger partial charge in [0.15, 0.2) is 5.96 Å². The van der Waals surface area contributed by atoms with Crippen LogP contribution >= 0.6 is 0 Å². The molecule has 1 heterocycles. The lowest BCUT2D eigenvalue weighted by atomic mass is 10.1. The van der Waals surface area contributed by atoms with E-state index in [2.05, 4.69) is 39.7 Å². The summed E-state index contributed by atoms with van der Waals surface area (Å²) < 4.78 is 11.0. The maximum absolute atomic E-state index is 5.78. The van der Waals surface area contributed by atoms with E-state index in [0.717, 1.165) is 17.3 Å². The Bertz CT molecular complexity index is 927. The molecule has 0 saturated carbocycles. The van der Waals surface area contributed by atoms with Crippen LogP contribution in [0.2, 0.25) is 0 Å². The molecular formula is C23H26N4O2. The molecule has 0 radical (unpaired) electrons. The number of rotatable bonds is 7. The van der Waals surface area contributed by atoms with Crippen LogP contribution in [-0.4, -0.2) is 25.1 Å². The second-order valence-corrected chi connectivity index (χ2v) is 6.49. The summed E-state index contributed by atoms with van der Waals surface area (Å²) in [6.07, 6.45) is 1.79. The quantitative estimate of drug-likeness (QED) is 0.465. The molecular weight excluding hydrogens is 364 g/mol. The summed E-state index contributed by atoms with van der Waals surface area (Å²) in [6.45, 7) is 2.71. The van der Waals surface area contributed by atoms with E-state index in [1.165, 1.54) is 5.56 Å². The highest BCUT2D eigenvalue weighted by atomic mass is 16.5. The number of nitrogens with one attached hydrogen (secondary N) is 2. The van der Waals surface area contributed by atoms with E-state index in [0.29, 0.717) is 18.2 Å². The fraction of sp³-hybridized carbons (Fsp3) is 0.217. The molecule has 0 amide bonds. The molecule has 29 heavy (non-hydrogen) atoms. The van der Waals surface area contributed by atoms with Crippen molar-refractivity contribution in [3.63, 3.8) is 0 Å². The molecule has 6 nitrogen and oxygen atoms in total. The highest BCUT2D eigenvalue weighted by Gasteiger charge is 2.07. The van der Waals surface area contributed by atoms with Gasteiger partial charge >= 0.3 is 0 Å². The van der Waals surface area contributed by atoms with Gasteiger partial charge in [-0.15, -0.1) is 0 Å². The standard InChI is InChI=1S/C23H26N4O2/c1-17(19-8-5-4-6-9-19)27-23(24-2)26-16-18-12-13-22(25-15-18)29-21-11-7-10-20(14-21)28-3/h4-15,17H,16H2,1-3H3,(H2,24,26,27). The number of pyridine rings is 1. The highest BCUT2D eigenvalue weighted by molar-refractivity contribution is 5.80. The van der Waals surface area contributed by atoms with Gasteiger partial charge in [-0.2, -0.15) is 0 Å². The van der Waals surface area contributed by atoms with Crippen LogP contribution < -0.4 is 20.1 Å². The minimum atomic E-state index is 0.152. The van der Waals surface area contributed by atoms with Gasteiger partial charge in [0.05, 0.1) is 13.2 Å². The monoisotopic (exact) mass is 390 g/mol. The number of nitrogens with zero attached hydrogens (tertiary/aromatic N) is 2. The van der Waals surface area contributed by atoms with Crippen LogP contribution in [0.25, 0.3) is 0 Å². The van der Waals surface area contributed by atoms with Crippen LogP contribution in [0, 0.1) is 0 Å². The van der Waals surface area contributed by atoms with E-state index < -0.39 is 0 Å². The predicted molar refractivity (Wildman–Crippen MR) is 115 cm³/mol. The summed E-state index contributed by atoms with van der Waals surface area (Å²) in [4.78, 5) is 8.67. The van der Waals surface area contributed by atoms with E-state index >= 15 is 0 Å². The third-order valence-corrected chi connectivity index (χ3v) is 4.40. The second-order valence-electron chi connectivity index (χ2n) is 6.49. The minimum Gasteiger partial charge on any atom is -0.497 e. The molecule has 3 rings (SSSR count). The molecule has 0 aliphatic rings. The predicted octanol–water partition coefficient (Wildman–Crippen LogP) is 4.31. The summed E-state index contributed by atoms with van der Waals surface area (Å²) in [5.74, 6) is 2.69. The molecule has 0 spiro atoms. The first kappa shape index (κ1) is 20.2. The molecule has 6 heteroatoms. The Morgan fingerprint density at radius 1 is 1.03 bits per heavy atom. The van der Waals surface area contributed by atoms with Crippen LogP contribution in [0.1, 0.15) is 24.1 Å². The van der Waals surface area contributed by atoms with E-state index in [1.54, 1.807) is 20.4 Å². The van der Waals surface area contributed by atoms with Crippen LogP contribution in [0.5, 0.6) is 17.4 Å². The fourth-order valence-corrected chi connectivity index (χ4v) is 2.77. The smallest absolute Gasteiger partial charge is 0.219 e. The second kappa shape index (κ2) is 10.1. The Labute approximate surface area is 171 Å². The molecule has 0 fully saturated rings. The molecule has 2 N–H and O–H groups in total. The number of aromatic nitrogens is 1. The van der Waals surface area contributed by atoms with Crippen molar-refractivity contribution < 1.29 is 9.47 Å². The Balaban J connectivity index is 1.53. The summed E-state index contributed by atoms with van der Waals surface area (Å²) in [5, 5.41) is 6.70. The number of guanidine groups is 1. The van der Waals surface area contributed by atoms with E-state index in [1.807, 2.05) is 54.6 Å². The van der Waals surface area contributed by atoms with Crippen molar-refractivity contribution in [2.24, 2.45) is 4.99 Å². The van der Waals surface area contributed by atoms with Gasteiger partial charge in [0.2, 0.25) is 5.88 Å². The Hall–Kier alpha value is -3.54. The molecule has 0 aliphatic carbocycles. The first-order chi connectivity index (χ1) is 14.2. The van der Waals surface area contributed by atoms with E-state index in [-0.39, 0.29) is 6.04 Å². The van der Waals surface area contributed by atoms with Crippen molar-refractivity contribution in [1.29, 1.82) is 0 Å². The maximum Gasteiger partial charge on any atom is 0.219 e. The number of hydrogen-bond acceptors (Lipinski definition) is 4.